The molecule has 1 fully saturated rings. The van der Waals surface area contributed by atoms with Gasteiger partial charge in [-0.2, -0.15) is 0 Å². The van der Waals surface area contributed by atoms with Crippen LogP contribution < -0.4 is 0 Å². The minimum Gasteiger partial charge on any atom is -0.394 e. The van der Waals surface area contributed by atoms with Gasteiger partial charge in [0.2, 0.25) is 0 Å². The number of ether oxygens (including phenoxy) is 2. The lowest BCUT2D eigenvalue weighted by Gasteiger charge is -2.24. The van der Waals surface area contributed by atoms with E-state index in [1.54, 1.807) is 0 Å². The number of hydrogen-bond donors (Lipinski definition) is 3. The molecule has 166 valence electrons. The quantitative estimate of drug-likeness (QED) is 0.238. The number of aliphatic hydroxyl groups is 3. The molecule has 0 amide bonds. The van der Waals surface area contributed by atoms with Crippen LogP contribution in [0.4, 0.5) is 0 Å². The Bertz CT molecular complexity index is 374. The molecular weight excluding hydrogens is 356 g/mol. The topological polar surface area (TPSA) is 79.2 Å². The van der Waals surface area contributed by atoms with E-state index in [0.29, 0.717) is 6.61 Å². The molecule has 1 aliphatic rings. The molecular formula is C23H44O5. The molecule has 0 aromatic rings. The summed E-state index contributed by atoms with van der Waals surface area (Å²) in [7, 11) is 0. The largest absolute Gasteiger partial charge is 0.394 e. The van der Waals surface area contributed by atoms with Gasteiger partial charge in [0.15, 0.2) is 0 Å². The van der Waals surface area contributed by atoms with Crippen LogP contribution in [0.1, 0.15) is 90.4 Å². The van der Waals surface area contributed by atoms with E-state index < -0.39 is 24.4 Å². The van der Waals surface area contributed by atoms with E-state index in [1.165, 1.54) is 70.6 Å². The second kappa shape index (κ2) is 17.4. The average Bonchev–Trinajstić information content (AvgIpc) is 3.03. The summed E-state index contributed by atoms with van der Waals surface area (Å²) >= 11 is 0. The molecule has 0 unspecified atom stereocenters. The molecule has 0 radical (unpaired) electrons. The second-order valence-corrected chi connectivity index (χ2v) is 8.03. The van der Waals surface area contributed by atoms with E-state index in [0.717, 1.165) is 12.8 Å². The van der Waals surface area contributed by atoms with Crippen LogP contribution in [0, 0.1) is 0 Å². The first-order valence-corrected chi connectivity index (χ1v) is 11.6. The maximum Gasteiger partial charge on any atom is 0.114 e. The van der Waals surface area contributed by atoms with Crippen molar-refractivity contribution in [1.82, 2.24) is 0 Å². The zero-order valence-electron chi connectivity index (χ0n) is 17.9. The van der Waals surface area contributed by atoms with Gasteiger partial charge in [0, 0.05) is 0 Å². The van der Waals surface area contributed by atoms with Crippen LogP contribution in [0.3, 0.4) is 0 Å². The summed E-state index contributed by atoms with van der Waals surface area (Å²) in [6.07, 6.45) is 18.1. The van der Waals surface area contributed by atoms with E-state index in [1.807, 2.05) is 0 Å². The molecule has 1 rings (SSSR count). The first-order chi connectivity index (χ1) is 13.7. The minimum atomic E-state index is -0.992. The van der Waals surface area contributed by atoms with Gasteiger partial charge < -0.3 is 24.8 Å². The molecule has 1 saturated heterocycles. The summed E-state index contributed by atoms with van der Waals surface area (Å²) in [5.74, 6) is 0. The molecule has 1 heterocycles. The number of rotatable bonds is 18. The van der Waals surface area contributed by atoms with Crippen molar-refractivity contribution >= 4 is 0 Å². The maximum absolute atomic E-state index is 9.81. The molecule has 0 bridgehead atoms. The summed E-state index contributed by atoms with van der Waals surface area (Å²) in [6.45, 7) is 2.60. The van der Waals surface area contributed by atoms with Crippen molar-refractivity contribution in [3.63, 3.8) is 0 Å². The summed E-state index contributed by atoms with van der Waals surface area (Å²) < 4.78 is 10.9. The van der Waals surface area contributed by atoms with Gasteiger partial charge in [0.25, 0.3) is 0 Å². The lowest BCUT2D eigenvalue weighted by molar-refractivity contribution is -0.0996. The summed E-state index contributed by atoms with van der Waals surface area (Å²) in [5, 5.41) is 28.7. The number of aliphatic hydroxyl groups excluding tert-OH is 3. The highest BCUT2D eigenvalue weighted by Crippen LogP contribution is 2.19. The van der Waals surface area contributed by atoms with Gasteiger partial charge in [-0.05, 0) is 19.3 Å². The highest BCUT2D eigenvalue weighted by molar-refractivity contribution is 4.89. The molecule has 5 heteroatoms. The van der Waals surface area contributed by atoms with E-state index in [4.69, 9.17) is 9.47 Å². The fourth-order valence-electron chi connectivity index (χ4n) is 3.65. The zero-order valence-corrected chi connectivity index (χ0v) is 17.9. The molecule has 1 aliphatic heterocycles. The number of unbranched alkanes of at least 4 members (excludes halogenated alkanes) is 11. The van der Waals surface area contributed by atoms with Crippen LogP contribution in [-0.4, -0.2) is 59.6 Å². The molecule has 0 aromatic heterocycles. The van der Waals surface area contributed by atoms with Gasteiger partial charge in [0.05, 0.1) is 19.8 Å². The van der Waals surface area contributed by atoms with Gasteiger partial charge in [-0.3, -0.25) is 0 Å². The molecule has 4 atom stereocenters. The van der Waals surface area contributed by atoms with Crippen LogP contribution >= 0.6 is 0 Å². The molecule has 5 nitrogen and oxygen atoms in total. The molecule has 3 N–H and O–H groups in total. The summed E-state index contributed by atoms with van der Waals surface area (Å²) in [6, 6.07) is 0. The normalized spacial score (nSPS) is 23.6. The molecule has 28 heavy (non-hydrogen) atoms. The first-order valence-electron chi connectivity index (χ1n) is 11.6. The van der Waals surface area contributed by atoms with Crippen molar-refractivity contribution in [1.29, 1.82) is 0 Å². The van der Waals surface area contributed by atoms with E-state index >= 15 is 0 Å². The van der Waals surface area contributed by atoms with Crippen molar-refractivity contribution in [3.05, 3.63) is 12.2 Å². The van der Waals surface area contributed by atoms with Gasteiger partial charge in [-0.25, -0.2) is 0 Å². The molecule has 0 aliphatic carbocycles. The minimum absolute atomic E-state index is 0.0879. The van der Waals surface area contributed by atoms with E-state index in [2.05, 4.69) is 19.1 Å². The van der Waals surface area contributed by atoms with Crippen molar-refractivity contribution < 1.29 is 24.8 Å². The Labute approximate surface area is 172 Å². The SMILES string of the molecule is CCCCCCCCCCCCC/C=C/CCO[C@@H](CO)[C@H]1OC[C@@H](O)[C@H]1O. The van der Waals surface area contributed by atoms with Crippen LogP contribution in [0.5, 0.6) is 0 Å². The van der Waals surface area contributed by atoms with E-state index in [-0.39, 0.29) is 13.2 Å². The van der Waals surface area contributed by atoms with Crippen molar-refractivity contribution in [2.24, 2.45) is 0 Å². The lowest BCUT2D eigenvalue weighted by Crippen LogP contribution is -2.42. The van der Waals surface area contributed by atoms with Gasteiger partial charge in [-0.1, -0.05) is 83.3 Å². The Morgan fingerprint density at radius 2 is 1.46 bits per heavy atom. The van der Waals surface area contributed by atoms with Crippen LogP contribution in [-0.2, 0) is 9.47 Å². The Hall–Kier alpha value is -0.460. The summed E-state index contributed by atoms with van der Waals surface area (Å²) in [4.78, 5) is 0. The Kier molecular flexibility index (Phi) is 15.9. The Balaban J connectivity index is 1.89. The fraction of sp³-hybridized carbons (Fsp3) is 0.913. The van der Waals surface area contributed by atoms with E-state index in [9.17, 15) is 15.3 Å². The predicted octanol–water partition coefficient (Wildman–Crippen LogP) is 4.13. The Morgan fingerprint density at radius 3 is 2.00 bits per heavy atom. The van der Waals surface area contributed by atoms with Gasteiger partial charge >= 0.3 is 0 Å². The van der Waals surface area contributed by atoms with Crippen molar-refractivity contribution in [3.8, 4) is 0 Å². The molecule has 0 spiro atoms. The van der Waals surface area contributed by atoms with Crippen molar-refractivity contribution in [2.75, 3.05) is 19.8 Å². The number of allylic oxidation sites excluding steroid dienone is 1. The van der Waals surface area contributed by atoms with Gasteiger partial charge in [0.1, 0.15) is 24.4 Å². The third-order valence-corrected chi connectivity index (χ3v) is 5.49. The smallest absolute Gasteiger partial charge is 0.114 e. The third-order valence-electron chi connectivity index (χ3n) is 5.49. The summed E-state index contributed by atoms with van der Waals surface area (Å²) in [5.41, 5.74) is 0. The predicted molar refractivity (Wildman–Crippen MR) is 113 cm³/mol. The monoisotopic (exact) mass is 400 g/mol. The standard InChI is InChI=1S/C23H44O5/c1-2-3-4-5-6-7-8-9-10-11-12-13-14-15-16-17-27-21(18-24)23-22(26)20(25)19-28-23/h14-15,20-26H,2-13,16-19H2,1H3/b15-14+/t20-,21+,22-,23-/m1/s1. The number of hydrogen-bond acceptors (Lipinski definition) is 5. The average molecular weight is 401 g/mol. The molecule has 0 aromatic carbocycles. The second-order valence-electron chi connectivity index (χ2n) is 8.03. The van der Waals surface area contributed by atoms with Gasteiger partial charge in [-0.15, -0.1) is 0 Å². The van der Waals surface area contributed by atoms with Crippen LogP contribution in [0.15, 0.2) is 12.2 Å². The first kappa shape index (κ1) is 25.6. The maximum atomic E-state index is 9.81. The highest BCUT2D eigenvalue weighted by atomic mass is 16.6. The lowest BCUT2D eigenvalue weighted by atomic mass is 10.1. The zero-order chi connectivity index (χ0) is 20.5. The van der Waals surface area contributed by atoms with Crippen LogP contribution in [0.25, 0.3) is 0 Å². The van der Waals surface area contributed by atoms with Crippen LogP contribution in [0.2, 0.25) is 0 Å². The Morgan fingerprint density at radius 1 is 0.893 bits per heavy atom. The van der Waals surface area contributed by atoms with Crippen molar-refractivity contribution in [2.45, 2.75) is 115 Å². The highest BCUT2D eigenvalue weighted by Gasteiger charge is 2.40. The molecule has 0 saturated carbocycles. The third kappa shape index (κ3) is 11.5. The fourth-order valence-corrected chi connectivity index (χ4v) is 3.65.